The molecule has 3 heteroatoms. The highest BCUT2D eigenvalue weighted by molar-refractivity contribution is 5.99. The Hall–Kier alpha value is -1.77. The van der Waals surface area contributed by atoms with Gasteiger partial charge in [0, 0.05) is 59.9 Å². The van der Waals surface area contributed by atoms with Crippen LogP contribution in [0.2, 0.25) is 0 Å². The van der Waals surface area contributed by atoms with Crippen molar-refractivity contribution in [2.75, 3.05) is 0 Å². The van der Waals surface area contributed by atoms with Crippen LogP contribution in [0.25, 0.3) is 0 Å². The summed E-state index contributed by atoms with van der Waals surface area (Å²) < 4.78 is 0. The van der Waals surface area contributed by atoms with Gasteiger partial charge in [0.25, 0.3) is 0 Å². The zero-order valence-corrected chi connectivity index (χ0v) is 6.88. The normalized spacial score (nSPS) is 23.5. The first-order chi connectivity index (χ1) is 6.45. The standard InChI is InChI=1S/C10H7N3/c1-7-2-12-5-9-6-13-4-8(3-11-1)10(7)9/h1-6,10H. The second kappa shape index (κ2) is 2.36. The van der Waals surface area contributed by atoms with Crippen LogP contribution < -0.4 is 0 Å². The lowest BCUT2D eigenvalue weighted by atomic mass is 9.83. The van der Waals surface area contributed by atoms with Crippen LogP contribution in [0.15, 0.2) is 50.3 Å². The SMILES string of the molecule is C1=NC=C2C=NC=C3C=NC=C1C23. The van der Waals surface area contributed by atoms with Crippen LogP contribution in [0, 0.1) is 5.92 Å². The zero-order chi connectivity index (χ0) is 8.67. The summed E-state index contributed by atoms with van der Waals surface area (Å²) in [6.45, 7) is 0. The van der Waals surface area contributed by atoms with Gasteiger partial charge in [0.1, 0.15) is 0 Å². The van der Waals surface area contributed by atoms with Gasteiger partial charge in [0.05, 0.1) is 0 Å². The summed E-state index contributed by atoms with van der Waals surface area (Å²) in [6.07, 6.45) is 11.2. The largest absolute Gasteiger partial charge is 0.264 e. The number of nitrogens with zero attached hydrogens (tertiary/aromatic N) is 3. The van der Waals surface area contributed by atoms with Crippen LogP contribution in [0.1, 0.15) is 0 Å². The lowest BCUT2D eigenvalue weighted by molar-refractivity contribution is 0.912. The molecule has 13 heavy (non-hydrogen) atoms. The van der Waals surface area contributed by atoms with Crippen molar-refractivity contribution in [1.29, 1.82) is 0 Å². The maximum absolute atomic E-state index is 4.13. The summed E-state index contributed by atoms with van der Waals surface area (Å²) in [7, 11) is 0. The molecule has 0 unspecified atom stereocenters. The minimum absolute atomic E-state index is 0.326. The van der Waals surface area contributed by atoms with Crippen molar-refractivity contribution in [2.45, 2.75) is 0 Å². The van der Waals surface area contributed by atoms with Gasteiger partial charge in [-0.1, -0.05) is 0 Å². The van der Waals surface area contributed by atoms with Gasteiger partial charge in [-0.25, -0.2) is 0 Å². The molecule has 3 aliphatic heterocycles. The summed E-state index contributed by atoms with van der Waals surface area (Å²) in [5, 5.41) is 0. The fraction of sp³-hybridized carbons (Fsp3) is 0.100. The molecule has 0 aromatic rings. The first-order valence-corrected chi connectivity index (χ1v) is 4.15. The maximum atomic E-state index is 4.13. The minimum atomic E-state index is 0.326. The molecule has 0 bridgehead atoms. The van der Waals surface area contributed by atoms with E-state index in [1.165, 1.54) is 0 Å². The van der Waals surface area contributed by atoms with Gasteiger partial charge in [-0.3, -0.25) is 15.0 Å². The van der Waals surface area contributed by atoms with E-state index in [0.717, 1.165) is 16.7 Å². The number of aliphatic imine (C=N–C) groups is 3. The molecule has 0 saturated heterocycles. The van der Waals surface area contributed by atoms with Crippen molar-refractivity contribution < 1.29 is 0 Å². The third-order valence-corrected chi connectivity index (χ3v) is 2.34. The van der Waals surface area contributed by atoms with E-state index in [-0.39, 0.29) is 0 Å². The zero-order valence-electron chi connectivity index (χ0n) is 6.88. The summed E-state index contributed by atoms with van der Waals surface area (Å²) in [5.41, 5.74) is 3.45. The van der Waals surface area contributed by atoms with E-state index in [1.54, 1.807) is 0 Å². The summed E-state index contributed by atoms with van der Waals surface area (Å²) >= 11 is 0. The number of hydrogen-bond donors (Lipinski definition) is 0. The highest BCUT2D eigenvalue weighted by atomic mass is 14.8. The van der Waals surface area contributed by atoms with Gasteiger partial charge in [0.2, 0.25) is 0 Å². The molecule has 3 heterocycles. The van der Waals surface area contributed by atoms with E-state index in [4.69, 9.17) is 0 Å². The average Bonchev–Trinajstić information content (AvgIpc) is 2.19. The van der Waals surface area contributed by atoms with E-state index in [2.05, 4.69) is 15.0 Å². The van der Waals surface area contributed by atoms with Crippen LogP contribution >= 0.6 is 0 Å². The predicted molar refractivity (Wildman–Crippen MR) is 53.2 cm³/mol. The van der Waals surface area contributed by atoms with Crippen molar-refractivity contribution in [2.24, 2.45) is 20.9 Å². The number of rotatable bonds is 0. The van der Waals surface area contributed by atoms with E-state index in [9.17, 15) is 0 Å². The number of allylic oxidation sites excluding steroid dienone is 3. The van der Waals surface area contributed by atoms with Crippen LogP contribution in [0.5, 0.6) is 0 Å². The quantitative estimate of drug-likeness (QED) is 0.527. The van der Waals surface area contributed by atoms with E-state index >= 15 is 0 Å². The molecule has 0 spiro atoms. The Labute approximate surface area is 75.6 Å². The van der Waals surface area contributed by atoms with Gasteiger partial charge in [-0.15, -0.1) is 0 Å². The van der Waals surface area contributed by atoms with Crippen LogP contribution in [-0.2, 0) is 0 Å². The van der Waals surface area contributed by atoms with Gasteiger partial charge >= 0.3 is 0 Å². The molecular weight excluding hydrogens is 162 g/mol. The highest BCUT2D eigenvalue weighted by Gasteiger charge is 2.26. The molecule has 3 rings (SSSR count). The van der Waals surface area contributed by atoms with Gasteiger partial charge in [-0.05, 0) is 0 Å². The molecular formula is C10H7N3. The Kier molecular flexibility index (Phi) is 1.22. The van der Waals surface area contributed by atoms with Crippen molar-refractivity contribution in [3.8, 4) is 0 Å². The monoisotopic (exact) mass is 169 g/mol. The van der Waals surface area contributed by atoms with Crippen LogP contribution in [0.3, 0.4) is 0 Å². The third kappa shape index (κ3) is 0.869. The van der Waals surface area contributed by atoms with Gasteiger partial charge < -0.3 is 0 Å². The second-order valence-corrected chi connectivity index (χ2v) is 3.15. The molecule has 0 radical (unpaired) electrons. The van der Waals surface area contributed by atoms with Crippen LogP contribution in [0.4, 0.5) is 0 Å². The fourth-order valence-electron chi connectivity index (χ4n) is 1.75. The Morgan fingerprint density at radius 3 is 1.46 bits per heavy atom. The molecule has 0 aliphatic carbocycles. The molecule has 3 nitrogen and oxygen atoms in total. The Balaban J connectivity index is 2.23. The Morgan fingerprint density at radius 1 is 0.692 bits per heavy atom. The summed E-state index contributed by atoms with van der Waals surface area (Å²) in [6, 6.07) is 0. The third-order valence-electron chi connectivity index (χ3n) is 2.34. The van der Waals surface area contributed by atoms with E-state index in [0.29, 0.717) is 5.92 Å². The Morgan fingerprint density at radius 2 is 1.08 bits per heavy atom. The van der Waals surface area contributed by atoms with E-state index in [1.807, 2.05) is 37.2 Å². The molecule has 0 fully saturated rings. The first kappa shape index (κ1) is 6.71. The van der Waals surface area contributed by atoms with E-state index < -0.39 is 0 Å². The van der Waals surface area contributed by atoms with Crippen molar-refractivity contribution >= 4 is 18.6 Å². The lowest BCUT2D eigenvalue weighted by Gasteiger charge is -2.25. The van der Waals surface area contributed by atoms with Crippen molar-refractivity contribution in [3.05, 3.63) is 35.3 Å². The molecule has 0 aromatic heterocycles. The maximum Gasteiger partial charge on any atom is 0.0431 e. The smallest absolute Gasteiger partial charge is 0.0431 e. The summed E-state index contributed by atoms with van der Waals surface area (Å²) in [5.74, 6) is 0.326. The van der Waals surface area contributed by atoms with Gasteiger partial charge in [-0.2, -0.15) is 0 Å². The molecule has 0 saturated carbocycles. The molecule has 0 atom stereocenters. The topological polar surface area (TPSA) is 37.1 Å². The lowest BCUT2D eigenvalue weighted by Crippen LogP contribution is -2.20. The minimum Gasteiger partial charge on any atom is -0.264 e. The molecule has 3 aliphatic rings. The predicted octanol–water partition coefficient (Wildman–Crippen LogP) is 1.51. The van der Waals surface area contributed by atoms with Crippen LogP contribution in [-0.4, -0.2) is 18.6 Å². The second-order valence-electron chi connectivity index (χ2n) is 3.15. The molecule has 0 amide bonds. The highest BCUT2D eigenvalue weighted by Crippen LogP contribution is 2.32. The number of hydrogen-bond acceptors (Lipinski definition) is 3. The fourth-order valence-corrected chi connectivity index (χ4v) is 1.75. The Bertz CT molecular complexity index is 367. The van der Waals surface area contributed by atoms with Crippen molar-refractivity contribution in [1.82, 2.24) is 0 Å². The molecule has 0 N–H and O–H groups in total. The molecule has 0 aromatic carbocycles. The molecule has 62 valence electrons. The van der Waals surface area contributed by atoms with Crippen molar-refractivity contribution in [3.63, 3.8) is 0 Å². The van der Waals surface area contributed by atoms with Gasteiger partial charge in [0.15, 0.2) is 0 Å². The summed E-state index contributed by atoms with van der Waals surface area (Å²) in [4.78, 5) is 12.4. The first-order valence-electron chi connectivity index (χ1n) is 4.15. The average molecular weight is 169 g/mol.